The molecule has 2 N–H and O–H groups in total. The first-order valence-corrected chi connectivity index (χ1v) is 6.80. The zero-order valence-electron chi connectivity index (χ0n) is 11.4. The minimum absolute atomic E-state index is 0. The molecular weight excluding hydrogens is 274 g/mol. The second-order valence-electron chi connectivity index (χ2n) is 5.16. The number of aromatic nitrogens is 1. The SMILES string of the molecule is Cl.NC1CCN(Cc2cc(-c3ccccc3)on2)CC1. The van der Waals surface area contributed by atoms with Crippen molar-refractivity contribution in [3.05, 3.63) is 42.1 Å². The van der Waals surface area contributed by atoms with Gasteiger partial charge in [-0.15, -0.1) is 12.4 Å². The molecule has 0 amide bonds. The van der Waals surface area contributed by atoms with Crippen LogP contribution in [0.1, 0.15) is 18.5 Å². The third-order valence-electron chi connectivity index (χ3n) is 3.64. The van der Waals surface area contributed by atoms with Gasteiger partial charge in [0.2, 0.25) is 0 Å². The first-order valence-electron chi connectivity index (χ1n) is 6.80. The van der Waals surface area contributed by atoms with Gasteiger partial charge in [-0.1, -0.05) is 35.5 Å². The Labute approximate surface area is 125 Å². The van der Waals surface area contributed by atoms with E-state index in [4.69, 9.17) is 10.3 Å². The molecule has 1 aliphatic heterocycles. The maximum atomic E-state index is 5.91. The van der Waals surface area contributed by atoms with Crippen molar-refractivity contribution in [1.82, 2.24) is 10.1 Å². The van der Waals surface area contributed by atoms with Crippen LogP contribution in [0.5, 0.6) is 0 Å². The smallest absolute Gasteiger partial charge is 0.167 e. The van der Waals surface area contributed by atoms with Gasteiger partial charge in [-0.3, -0.25) is 4.90 Å². The lowest BCUT2D eigenvalue weighted by Crippen LogP contribution is -2.39. The van der Waals surface area contributed by atoms with Crippen LogP contribution in [0.3, 0.4) is 0 Å². The van der Waals surface area contributed by atoms with E-state index in [0.29, 0.717) is 6.04 Å². The van der Waals surface area contributed by atoms with Gasteiger partial charge in [0.1, 0.15) is 0 Å². The Morgan fingerprint density at radius 1 is 1.20 bits per heavy atom. The fraction of sp³-hybridized carbons (Fsp3) is 0.400. The number of hydrogen-bond acceptors (Lipinski definition) is 4. The molecule has 2 aromatic rings. The number of halogens is 1. The third-order valence-corrected chi connectivity index (χ3v) is 3.64. The van der Waals surface area contributed by atoms with Crippen LogP contribution in [0.15, 0.2) is 40.9 Å². The van der Waals surface area contributed by atoms with Crippen LogP contribution in [0.25, 0.3) is 11.3 Å². The number of nitrogens with two attached hydrogens (primary N) is 1. The van der Waals surface area contributed by atoms with Gasteiger partial charge in [0.05, 0.1) is 5.69 Å². The molecule has 0 radical (unpaired) electrons. The highest BCUT2D eigenvalue weighted by molar-refractivity contribution is 5.85. The van der Waals surface area contributed by atoms with E-state index in [1.807, 2.05) is 36.4 Å². The second kappa shape index (κ2) is 6.88. The average Bonchev–Trinajstić information content (AvgIpc) is 2.91. The summed E-state index contributed by atoms with van der Waals surface area (Å²) in [7, 11) is 0. The minimum Gasteiger partial charge on any atom is -0.356 e. The molecule has 2 heterocycles. The van der Waals surface area contributed by atoms with E-state index >= 15 is 0 Å². The van der Waals surface area contributed by atoms with Crippen molar-refractivity contribution in [2.75, 3.05) is 13.1 Å². The van der Waals surface area contributed by atoms with Crippen LogP contribution >= 0.6 is 12.4 Å². The highest BCUT2D eigenvalue weighted by Gasteiger charge is 2.17. The van der Waals surface area contributed by atoms with Crippen LogP contribution in [0.2, 0.25) is 0 Å². The van der Waals surface area contributed by atoms with E-state index in [0.717, 1.165) is 49.5 Å². The van der Waals surface area contributed by atoms with Crippen LogP contribution in [-0.2, 0) is 6.54 Å². The summed E-state index contributed by atoms with van der Waals surface area (Å²) in [6.45, 7) is 2.95. The van der Waals surface area contributed by atoms with E-state index in [-0.39, 0.29) is 12.4 Å². The van der Waals surface area contributed by atoms with Crippen molar-refractivity contribution in [2.24, 2.45) is 5.73 Å². The number of hydrogen-bond donors (Lipinski definition) is 1. The molecule has 0 unspecified atom stereocenters. The van der Waals surface area contributed by atoms with Gasteiger partial charge in [-0.25, -0.2) is 0 Å². The normalized spacial score (nSPS) is 16.9. The van der Waals surface area contributed by atoms with Crippen molar-refractivity contribution in [1.29, 1.82) is 0 Å². The standard InChI is InChI=1S/C15H19N3O.ClH/c16-13-6-8-18(9-7-13)11-14-10-15(19-17-14)12-4-2-1-3-5-12;/h1-5,10,13H,6-9,11,16H2;1H. The molecule has 1 aromatic carbocycles. The summed E-state index contributed by atoms with van der Waals surface area (Å²) in [4.78, 5) is 2.38. The van der Waals surface area contributed by atoms with Gasteiger partial charge < -0.3 is 10.3 Å². The highest BCUT2D eigenvalue weighted by Crippen LogP contribution is 2.21. The van der Waals surface area contributed by atoms with Crippen LogP contribution in [0.4, 0.5) is 0 Å². The molecule has 1 saturated heterocycles. The Morgan fingerprint density at radius 3 is 2.60 bits per heavy atom. The van der Waals surface area contributed by atoms with E-state index in [9.17, 15) is 0 Å². The van der Waals surface area contributed by atoms with Crippen LogP contribution in [0, 0.1) is 0 Å². The fourth-order valence-electron chi connectivity index (χ4n) is 2.46. The zero-order chi connectivity index (χ0) is 13.1. The summed E-state index contributed by atoms with van der Waals surface area (Å²) in [5.41, 5.74) is 7.98. The Morgan fingerprint density at radius 2 is 1.90 bits per heavy atom. The van der Waals surface area contributed by atoms with E-state index < -0.39 is 0 Å². The topological polar surface area (TPSA) is 55.3 Å². The highest BCUT2D eigenvalue weighted by atomic mass is 35.5. The maximum absolute atomic E-state index is 5.91. The summed E-state index contributed by atoms with van der Waals surface area (Å²) >= 11 is 0. The molecule has 108 valence electrons. The lowest BCUT2D eigenvalue weighted by atomic mass is 10.1. The van der Waals surface area contributed by atoms with Crippen molar-refractivity contribution in [3.8, 4) is 11.3 Å². The van der Waals surface area contributed by atoms with E-state index in [2.05, 4.69) is 10.1 Å². The molecule has 0 atom stereocenters. The average molecular weight is 294 g/mol. The number of rotatable bonds is 3. The number of benzene rings is 1. The number of likely N-dealkylation sites (tertiary alicyclic amines) is 1. The lowest BCUT2D eigenvalue weighted by molar-refractivity contribution is 0.200. The number of nitrogens with zero attached hydrogens (tertiary/aromatic N) is 2. The Balaban J connectivity index is 0.00000147. The summed E-state index contributed by atoms with van der Waals surface area (Å²) in [5, 5.41) is 4.16. The molecule has 1 fully saturated rings. The maximum Gasteiger partial charge on any atom is 0.167 e. The molecule has 3 rings (SSSR count). The van der Waals surface area contributed by atoms with Crippen molar-refractivity contribution in [2.45, 2.75) is 25.4 Å². The molecule has 5 heteroatoms. The zero-order valence-corrected chi connectivity index (χ0v) is 12.2. The van der Waals surface area contributed by atoms with Gasteiger partial charge >= 0.3 is 0 Å². The molecule has 1 aromatic heterocycles. The van der Waals surface area contributed by atoms with Gasteiger partial charge in [-0.05, 0) is 12.8 Å². The van der Waals surface area contributed by atoms with Gasteiger partial charge in [-0.2, -0.15) is 0 Å². The third kappa shape index (κ3) is 3.60. The molecule has 0 saturated carbocycles. The Hall–Kier alpha value is -1.36. The van der Waals surface area contributed by atoms with Crippen molar-refractivity contribution < 1.29 is 4.52 Å². The van der Waals surface area contributed by atoms with Gasteiger partial charge in [0.15, 0.2) is 5.76 Å². The summed E-state index contributed by atoms with van der Waals surface area (Å²) in [6.07, 6.45) is 2.15. The monoisotopic (exact) mass is 293 g/mol. The first-order chi connectivity index (χ1) is 9.31. The van der Waals surface area contributed by atoms with Gasteiger partial charge in [0.25, 0.3) is 0 Å². The molecule has 0 bridgehead atoms. The Bertz CT molecular complexity index is 521. The fourth-order valence-corrected chi connectivity index (χ4v) is 2.46. The summed E-state index contributed by atoms with van der Waals surface area (Å²) < 4.78 is 5.41. The first kappa shape index (κ1) is 15.0. The Kier molecular flexibility index (Phi) is 5.17. The van der Waals surface area contributed by atoms with E-state index in [1.165, 1.54) is 0 Å². The van der Waals surface area contributed by atoms with Crippen molar-refractivity contribution >= 4 is 12.4 Å². The molecule has 4 nitrogen and oxygen atoms in total. The molecular formula is C15H20ClN3O. The van der Waals surface area contributed by atoms with Gasteiger partial charge in [0, 0.05) is 37.3 Å². The molecule has 20 heavy (non-hydrogen) atoms. The molecule has 0 spiro atoms. The van der Waals surface area contributed by atoms with E-state index in [1.54, 1.807) is 0 Å². The second-order valence-corrected chi connectivity index (χ2v) is 5.16. The predicted octanol–water partition coefficient (Wildman–Crippen LogP) is 2.69. The molecule has 1 aliphatic rings. The quantitative estimate of drug-likeness (QED) is 0.945. The lowest BCUT2D eigenvalue weighted by Gasteiger charge is -2.29. The summed E-state index contributed by atoms with van der Waals surface area (Å²) in [5.74, 6) is 0.837. The largest absolute Gasteiger partial charge is 0.356 e. The number of piperidine rings is 1. The minimum atomic E-state index is 0. The van der Waals surface area contributed by atoms with Crippen LogP contribution in [-0.4, -0.2) is 29.2 Å². The van der Waals surface area contributed by atoms with Crippen LogP contribution < -0.4 is 5.73 Å². The molecule has 0 aliphatic carbocycles. The predicted molar refractivity (Wildman–Crippen MR) is 81.7 cm³/mol. The summed E-state index contributed by atoms with van der Waals surface area (Å²) in [6, 6.07) is 12.5. The van der Waals surface area contributed by atoms with Crippen molar-refractivity contribution in [3.63, 3.8) is 0 Å².